The number of furan rings is 1. The Hall–Kier alpha value is -7.10. The first-order valence-corrected chi connectivity index (χ1v) is 20.4. The van der Waals surface area contributed by atoms with Crippen molar-refractivity contribution in [2.75, 3.05) is 4.90 Å². The van der Waals surface area contributed by atoms with Crippen LogP contribution in [0, 0.1) is 0 Å². The van der Waals surface area contributed by atoms with Crippen molar-refractivity contribution in [1.82, 2.24) is 4.57 Å². The maximum Gasteiger partial charge on any atom is 0.143 e. The third-order valence-corrected chi connectivity index (χ3v) is 12.8. The Kier molecular flexibility index (Phi) is 7.10. The van der Waals surface area contributed by atoms with Gasteiger partial charge in [0.2, 0.25) is 0 Å². The van der Waals surface area contributed by atoms with Gasteiger partial charge in [-0.3, -0.25) is 0 Å². The molecule has 2 aliphatic rings. The maximum atomic E-state index is 6.60. The van der Waals surface area contributed by atoms with Crippen molar-refractivity contribution in [2.24, 2.45) is 0 Å². The van der Waals surface area contributed by atoms with Crippen molar-refractivity contribution in [3.05, 3.63) is 199 Å². The van der Waals surface area contributed by atoms with Crippen molar-refractivity contribution in [3.63, 3.8) is 0 Å². The summed E-state index contributed by atoms with van der Waals surface area (Å²) in [6.45, 7) is 4.79. The van der Waals surface area contributed by atoms with Gasteiger partial charge in [0.25, 0.3) is 0 Å². The summed E-state index contributed by atoms with van der Waals surface area (Å²) in [5, 5.41) is 7.13. The largest absolute Gasteiger partial charge is 0.455 e. The van der Waals surface area contributed by atoms with E-state index in [0.717, 1.165) is 51.4 Å². The van der Waals surface area contributed by atoms with Crippen LogP contribution in [0.3, 0.4) is 0 Å². The second-order valence-corrected chi connectivity index (χ2v) is 16.3. The number of aromatic nitrogens is 1. The Labute approximate surface area is 337 Å². The van der Waals surface area contributed by atoms with E-state index in [1.807, 2.05) is 0 Å². The van der Waals surface area contributed by atoms with Crippen molar-refractivity contribution in [3.8, 4) is 22.3 Å². The van der Waals surface area contributed by atoms with Gasteiger partial charge in [0.1, 0.15) is 11.2 Å². The number of allylic oxidation sites excluding steroid dienone is 3. The molecule has 10 aromatic rings. The molecule has 0 N–H and O–H groups in total. The maximum absolute atomic E-state index is 6.60. The van der Waals surface area contributed by atoms with Crippen LogP contribution in [0.15, 0.2) is 192 Å². The molecule has 2 aliphatic carbocycles. The van der Waals surface area contributed by atoms with Crippen molar-refractivity contribution in [2.45, 2.75) is 32.1 Å². The van der Waals surface area contributed by atoms with Crippen molar-refractivity contribution < 1.29 is 4.42 Å². The zero-order valence-corrected chi connectivity index (χ0v) is 32.5. The number of rotatable bonds is 5. The van der Waals surface area contributed by atoms with Crippen LogP contribution in [0.2, 0.25) is 0 Å². The van der Waals surface area contributed by atoms with Gasteiger partial charge >= 0.3 is 0 Å². The molecule has 12 rings (SSSR count). The van der Waals surface area contributed by atoms with Gasteiger partial charge in [-0.2, -0.15) is 0 Å². The molecule has 0 aliphatic heterocycles. The molecule has 58 heavy (non-hydrogen) atoms. The monoisotopic (exact) mass is 744 g/mol. The van der Waals surface area contributed by atoms with Gasteiger partial charge in [0.05, 0.1) is 28.1 Å². The van der Waals surface area contributed by atoms with Crippen LogP contribution in [0.25, 0.3) is 82.5 Å². The molecule has 0 saturated carbocycles. The standard InChI is InChI=1S/C55H40N2O/c1-55(2)45-23-9-5-19-39(45)42-22-15-29-51(53(42)55)57(50-28-14-13-27-49(50)56-47-25-11-7-20-40(47)41-21-8-12-26-48(41)56)46-24-10-6-17-37(46)36-31-33-52-44(34-36)43-32-30-35-16-3-4-18-38(35)54(43)58-52/h3-12,14-26,28-34H,13,27H2,1-2H3. The summed E-state index contributed by atoms with van der Waals surface area (Å²) in [7, 11) is 0. The van der Waals surface area contributed by atoms with Crippen LogP contribution >= 0.6 is 0 Å². The van der Waals surface area contributed by atoms with Crippen LogP contribution < -0.4 is 4.90 Å². The van der Waals surface area contributed by atoms with E-state index in [0.29, 0.717) is 0 Å². The summed E-state index contributed by atoms with van der Waals surface area (Å²) >= 11 is 0. The Morgan fingerprint density at radius 2 is 1.22 bits per heavy atom. The molecule has 0 unspecified atom stereocenters. The van der Waals surface area contributed by atoms with Gasteiger partial charge in [-0.25, -0.2) is 0 Å². The second kappa shape index (κ2) is 12.4. The molecule has 2 aromatic heterocycles. The number of fused-ring (bicyclic) bond motifs is 11. The minimum Gasteiger partial charge on any atom is -0.455 e. The molecule has 0 spiro atoms. The average Bonchev–Trinajstić information content (AvgIpc) is 3.90. The molecule has 0 atom stereocenters. The summed E-state index contributed by atoms with van der Waals surface area (Å²) < 4.78 is 9.14. The zero-order valence-electron chi connectivity index (χ0n) is 32.5. The third-order valence-electron chi connectivity index (χ3n) is 12.8. The molecule has 276 valence electrons. The van der Waals surface area contributed by atoms with Gasteiger partial charge in [0.15, 0.2) is 0 Å². The highest BCUT2D eigenvalue weighted by atomic mass is 16.3. The highest BCUT2D eigenvalue weighted by molar-refractivity contribution is 6.16. The van der Waals surface area contributed by atoms with Crippen LogP contribution in [0.5, 0.6) is 0 Å². The van der Waals surface area contributed by atoms with Gasteiger partial charge in [0, 0.05) is 43.6 Å². The Bertz CT molecular complexity index is 3330. The predicted octanol–water partition coefficient (Wildman–Crippen LogP) is 15.2. The Balaban J connectivity index is 1.16. The van der Waals surface area contributed by atoms with Crippen LogP contribution in [0.1, 0.15) is 37.8 Å². The summed E-state index contributed by atoms with van der Waals surface area (Å²) in [4.78, 5) is 2.58. The number of hydrogen-bond acceptors (Lipinski definition) is 2. The van der Waals surface area contributed by atoms with E-state index in [-0.39, 0.29) is 5.41 Å². The van der Waals surface area contributed by atoms with Crippen molar-refractivity contribution in [1.29, 1.82) is 0 Å². The van der Waals surface area contributed by atoms with Crippen molar-refractivity contribution >= 4 is 71.6 Å². The summed E-state index contributed by atoms with van der Waals surface area (Å²) in [5.74, 6) is 0. The third kappa shape index (κ3) is 4.68. The molecule has 0 amide bonds. The van der Waals surface area contributed by atoms with E-state index in [4.69, 9.17) is 4.42 Å². The summed E-state index contributed by atoms with van der Waals surface area (Å²) in [6, 6.07) is 62.3. The van der Waals surface area contributed by atoms with Gasteiger partial charge in [-0.1, -0.05) is 147 Å². The molecule has 2 heterocycles. The lowest BCUT2D eigenvalue weighted by molar-refractivity contribution is 0.660. The van der Waals surface area contributed by atoms with Crippen LogP contribution in [0.4, 0.5) is 11.4 Å². The van der Waals surface area contributed by atoms with Gasteiger partial charge in [-0.05, 0) is 94.6 Å². The van der Waals surface area contributed by atoms with Crippen LogP contribution in [-0.4, -0.2) is 4.57 Å². The molecule has 0 bridgehead atoms. The van der Waals surface area contributed by atoms with E-state index < -0.39 is 0 Å². The first-order valence-electron chi connectivity index (χ1n) is 20.4. The number of hydrogen-bond donors (Lipinski definition) is 0. The first-order chi connectivity index (χ1) is 28.6. The molecule has 8 aromatic carbocycles. The minimum atomic E-state index is -0.223. The number of para-hydroxylation sites is 3. The fraction of sp³-hybridized carbons (Fsp3) is 0.0909. The fourth-order valence-electron chi connectivity index (χ4n) is 10.3. The topological polar surface area (TPSA) is 21.3 Å². The summed E-state index contributed by atoms with van der Waals surface area (Å²) in [5.41, 5.74) is 16.6. The molecule has 0 fully saturated rings. The molecule has 0 saturated heterocycles. The van der Waals surface area contributed by atoms with E-state index in [2.05, 4.69) is 205 Å². The summed E-state index contributed by atoms with van der Waals surface area (Å²) in [6.07, 6.45) is 6.62. The Morgan fingerprint density at radius 1 is 0.552 bits per heavy atom. The first kappa shape index (κ1) is 33.1. The Morgan fingerprint density at radius 3 is 2.05 bits per heavy atom. The number of nitrogens with zero attached hydrogens (tertiary/aromatic N) is 2. The van der Waals surface area contributed by atoms with Gasteiger partial charge < -0.3 is 13.9 Å². The lowest BCUT2D eigenvalue weighted by Gasteiger charge is -2.36. The van der Waals surface area contributed by atoms with E-state index in [1.54, 1.807) is 0 Å². The average molecular weight is 745 g/mol. The predicted molar refractivity (Wildman–Crippen MR) is 244 cm³/mol. The number of benzene rings is 8. The van der Waals surface area contributed by atoms with E-state index in [1.165, 1.54) is 72.1 Å². The quantitative estimate of drug-likeness (QED) is 0.175. The smallest absolute Gasteiger partial charge is 0.143 e. The second-order valence-electron chi connectivity index (χ2n) is 16.3. The molecular formula is C55H40N2O. The number of anilines is 2. The molecule has 3 heteroatoms. The van der Waals surface area contributed by atoms with Gasteiger partial charge in [-0.15, -0.1) is 0 Å². The SMILES string of the molecule is CC1(C)c2ccccc2-c2cccc(N(C3=C(n4c5ccccc5c5ccccc54)CCC=C3)c3ccccc3-c3ccc4oc5c6ccccc6ccc5c4c3)c21. The lowest BCUT2D eigenvalue weighted by Crippen LogP contribution is -2.25. The molecular weight excluding hydrogens is 705 g/mol. The van der Waals surface area contributed by atoms with E-state index in [9.17, 15) is 0 Å². The highest BCUT2D eigenvalue weighted by Gasteiger charge is 2.39. The van der Waals surface area contributed by atoms with E-state index >= 15 is 0 Å². The zero-order chi connectivity index (χ0) is 38.5. The molecule has 3 nitrogen and oxygen atoms in total. The normalized spacial score (nSPS) is 14.6. The minimum absolute atomic E-state index is 0.223. The van der Waals surface area contributed by atoms with Crippen LogP contribution in [-0.2, 0) is 5.41 Å². The fourth-order valence-corrected chi connectivity index (χ4v) is 10.3. The highest BCUT2D eigenvalue weighted by Crippen LogP contribution is 2.55. The molecule has 0 radical (unpaired) electrons. The lowest BCUT2D eigenvalue weighted by atomic mass is 9.81.